The first kappa shape index (κ1) is 20.5. The fourth-order valence-electron chi connectivity index (χ4n) is 2.02. The Hall–Kier alpha value is -1.57. The van der Waals surface area contributed by atoms with E-state index in [2.05, 4.69) is 53.5 Å². The zero-order chi connectivity index (χ0) is 16.7. The second-order valence-corrected chi connectivity index (χ2v) is 5.95. The van der Waals surface area contributed by atoms with Crippen LogP contribution in [-0.2, 0) is 6.54 Å². The molecule has 6 heteroatoms. The summed E-state index contributed by atoms with van der Waals surface area (Å²) in [7, 11) is 0. The molecule has 0 atom stereocenters. The number of nitrogens with zero attached hydrogens (tertiary/aromatic N) is 2. The van der Waals surface area contributed by atoms with E-state index < -0.39 is 0 Å². The van der Waals surface area contributed by atoms with E-state index in [0.29, 0.717) is 18.4 Å². The topological polar surface area (TPSA) is 62.5 Å². The predicted molar refractivity (Wildman–Crippen MR) is 110 cm³/mol. The van der Waals surface area contributed by atoms with E-state index in [-0.39, 0.29) is 24.0 Å². The number of halogens is 1. The van der Waals surface area contributed by atoms with Gasteiger partial charge in [0, 0.05) is 18.7 Å². The molecular formula is C18H27IN4O. The van der Waals surface area contributed by atoms with Crippen LogP contribution in [0.15, 0.2) is 39.9 Å². The quantitative estimate of drug-likeness (QED) is 0.404. The maximum absolute atomic E-state index is 5.79. The lowest BCUT2D eigenvalue weighted by molar-refractivity contribution is 0.508. The van der Waals surface area contributed by atoms with Crippen LogP contribution >= 0.6 is 24.0 Å². The average molecular weight is 442 g/mol. The Bertz CT molecular complexity index is 635. The number of hydrogen-bond donors (Lipinski definition) is 2. The Morgan fingerprint density at radius 3 is 2.54 bits per heavy atom. The van der Waals surface area contributed by atoms with Crippen molar-refractivity contribution in [3.8, 4) is 11.3 Å². The van der Waals surface area contributed by atoms with Crippen molar-refractivity contribution in [2.75, 3.05) is 13.1 Å². The number of aliphatic imine (C=N–C) groups is 1. The number of benzene rings is 1. The molecule has 0 saturated heterocycles. The molecule has 0 aliphatic carbocycles. The highest BCUT2D eigenvalue weighted by molar-refractivity contribution is 14.0. The maximum atomic E-state index is 5.79. The molecule has 1 aromatic heterocycles. The van der Waals surface area contributed by atoms with Crippen molar-refractivity contribution in [1.29, 1.82) is 0 Å². The van der Waals surface area contributed by atoms with Gasteiger partial charge in [0.2, 0.25) is 5.89 Å². The molecular weight excluding hydrogens is 415 g/mol. The molecule has 0 unspecified atom stereocenters. The van der Waals surface area contributed by atoms with E-state index in [1.165, 1.54) is 5.56 Å². The molecule has 0 fully saturated rings. The highest BCUT2D eigenvalue weighted by Crippen LogP contribution is 2.20. The molecule has 132 valence electrons. The average Bonchev–Trinajstić information content (AvgIpc) is 2.99. The minimum Gasteiger partial charge on any atom is -0.439 e. The Kier molecular flexibility index (Phi) is 8.81. The maximum Gasteiger partial charge on any atom is 0.216 e. The van der Waals surface area contributed by atoms with Gasteiger partial charge in [0.1, 0.15) is 6.54 Å². The third-order valence-electron chi connectivity index (χ3n) is 3.28. The van der Waals surface area contributed by atoms with Gasteiger partial charge in [0.05, 0.1) is 6.20 Å². The molecule has 5 nitrogen and oxygen atoms in total. The second kappa shape index (κ2) is 10.3. The molecule has 1 aromatic carbocycles. The predicted octanol–water partition coefficient (Wildman–Crippen LogP) is 3.98. The summed E-state index contributed by atoms with van der Waals surface area (Å²) < 4.78 is 5.79. The first-order chi connectivity index (χ1) is 11.1. The van der Waals surface area contributed by atoms with E-state index in [0.717, 1.165) is 30.4 Å². The van der Waals surface area contributed by atoms with E-state index >= 15 is 0 Å². The fourth-order valence-corrected chi connectivity index (χ4v) is 2.02. The number of hydrogen-bond acceptors (Lipinski definition) is 3. The van der Waals surface area contributed by atoms with Gasteiger partial charge in [-0.3, -0.25) is 0 Å². The zero-order valence-electron chi connectivity index (χ0n) is 14.8. The van der Waals surface area contributed by atoms with Crippen LogP contribution in [0.2, 0.25) is 0 Å². The van der Waals surface area contributed by atoms with Gasteiger partial charge >= 0.3 is 0 Å². The highest BCUT2D eigenvalue weighted by atomic mass is 127. The summed E-state index contributed by atoms with van der Waals surface area (Å²) in [6, 6.07) is 8.21. The lowest BCUT2D eigenvalue weighted by Gasteiger charge is -2.12. The molecule has 1 heterocycles. The molecule has 0 spiro atoms. The monoisotopic (exact) mass is 442 g/mol. The van der Waals surface area contributed by atoms with Crippen LogP contribution in [0, 0.1) is 12.8 Å². The Balaban J connectivity index is 0.00000288. The van der Waals surface area contributed by atoms with E-state index in [9.17, 15) is 0 Å². The van der Waals surface area contributed by atoms with Gasteiger partial charge in [-0.15, -0.1) is 24.0 Å². The molecule has 0 aliphatic heterocycles. The first-order valence-corrected chi connectivity index (χ1v) is 8.12. The van der Waals surface area contributed by atoms with Gasteiger partial charge in [-0.05, 0) is 19.8 Å². The smallest absolute Gasteiger partial charge is 0.216 e. The fraction of sp³-hybridized carbons (Fsp3) is 0.444. The highest BCUT2D eigenvalue weighted by Gasteiger charge is 2.06. The van der Waals surface area contributed by atoms with Crippen molar-refractivity contribution in [2.45, 2.75) is 34.2 Å². The number of oxazole rings is 1. The molecule has 0 bridgehead atoms. The lowest BCUT2D eigenvalue weighted by atomic mass is 10.1. The number of nitrogens with one attached hydrogen (secondary N) is 2. The largest absolute Gasteiger partial charge is 0.439 e. The van der Waals surface area contributed by atoms with Gasteiger partial charge in [-0.2, -0.15) is 0 Å². The third-order valence-corrected chi connectivity index (χ3v) is 3.28. The van der Waals surface area contributed by atoms with Crippen molar-refractivity contribution in [2.24, 2.45) is 10.9 Å². The van der Waals surface area contributed by atoms with Crippen LogP contribution in [0.4, 0.5) is 0 Å². The van der Waals surface area contributed by atoms with E-state index in [1.54, 1.807) is 6.20 Å². The van der Waals surface area contributed by atoms with Crippen LogP contribution < -0.4 is 10.6 Å². The molecule has 0 aliphatic rings. The van der Waals surface area contributed by atoms with Gasteiger partial charge in [0.15, 0.2) is 11.7 Å². The summed E-state index contributed by atoms with van der Waals surface area (Å²) >= 11 is 0. The summed E-state index contributed by atoms with van der Waals surface area (Å²) in [5.74, 6) is 2.74. The van der Waals surface area contributed by atoms with Crippen molar-refractivity contribution >= 4 is 29.9 Å². The van der Waals surface area contributed by atoms with Crippen LogP contribution in [0.3, 0.4) is 0 Å². The molecule has 2 N–H and O–H groups in total. The Morgan fingerprint density at radius 1 is 1.21 bits per heavy atom. The number of aromatic nitrogens is 1. The van der Waals surface area contributed by atoms with Gasteiger partial charge in [-0.25, -0.2) is 9.98 Å². The standard InChI is InChI=1S/C18H26N4O.HI/c1-5-19-18(21-10-13(2)3)22-12-17-20-11-16(23-17)15-8-6-14(4)7-9-15;/h6-9,11,13H,5,10,12H2,1-4H3,(H2,19,21,22);1H. The molecule has 0 radical (unpaired) electrons. The van der Waals surface area contributed by atoms with E-state index in [4.69, 9.17) is 4.42 Å². The molecule has 0 saturated carbocycles. The third kappa shape index (κ3) is 6.51. The van der Waals surface area contributed by atoms with Gasteiger partial charge in [-0.1, -0.05) is 43.7 Å². The molecule has 2 aromatic rings. The summed E-state index contributed by atoms with van der Waals surface area (Å²) in [4.78, 5) is 8.83. The summed E-state index contributed by atoms with van der Waals surface area (Å²) in [5, 5.41) is 6.53. The molecule has 2 rings (SSSR count). The Labute approximate surface area is 161 Å². The molecule has 0 amide bonds. The van der Waals surface area contributed by atoms with Crippen molar-refractivity contribution in [1.82, 2.24) is 15.6 Å². The van der Waals surface area contributed by atoms with Crippen LogP contribution in [-0.4, -0.2) is 24.0 Å². The number of guanidine groups is 1. The zero-order valence-corrected chi connectivity index (χ0v) is 17.1. The number of aryl methyl sites for hydroxylation is 1. The van der Waals surface area contributed by atoms with Gasteiger partial charge in [0.25, 0.3) is 0 Å². The second-order valence-electron chi connectivity index (χ2n) is 5.95. The van der Waals surface area contributed by atoms with Gasteiger partial charge < -0.3 is 15.1 Å². The van der Waals surface area contributed by atoms with Crippen LogP contribution in [0.25, 0.3) is 11.3 Å². The van der Waals surface area contributed by atoms with Crippen molar-refractivity contribution in [3.05, 3.63) is 41.9 Å². The summed E-state index contributed by atoms with van der Waals surface area (Å²) in [6.07, 6.45) is 1.75. The van der Waals surface area contributed by atoms with Crippen molar-refractivity contribution < 1.29 is 4.42 Å². The molecule has 24 heavy (non-hydrogen) atoms. The summed E-state index contributed by atoms with van der Waals surface area (Å²) in [6.45, 7) is 10.6. The Morgan fingerprint density at radius 2 is 1.92 bits per heavy atom. The van der Waals surface area contributed by atoms with E-state index in [1.807, 2.05) is 19.1 Å². The first-order valence-electron chi connectivity index (χ1n) is 8.12. The number of rotatable bonds is 6. The summed E-state index contributed by atoms with van der Waals surface area (Å²) in [5.41, 5.74) is 2.26. The minimum absolute atomic E-state index is 0. The normalized spacial score (nSPS) is 11.3. The van der Waals surface area contributed by atoms with Crippen LogP contribution in [0.5, 0.6) is 0 Å². The lowest BCUT2D eigenvalue weighted by Crippen LogP contribution is -2.39. The van der Waals surface area contributed by atoms with Crippen molar-refractivity contribution in [3.63, 3.8) is 0 Å². The van der Waals surface area contributed by atoms with Crippen LogP contribution in [0.1, 0.15) is 32.2 Å². The minimum atomic E-state index is 0. The SMILES string of the molecule is CCNC(=NCc1ncc(-c2ccc(C)cc2)o1)NCC(C)C.I.